The number of fused-ring (bicyclic) bond motifs is 1. The fourth-order valence-electron chi connectivity index (χ4n) is 3.82. The van der Waals surface area contributed by atoms with E-state index in [1.807, 2.05) is 18.2 Å². The van der Waals surface area contributed by atoms with Crippen LogP contribution >= 0.6 is 11.3 Å². The van der Waals surface area contributed by atoms with Gasteiger partial charge in [-0.05, 0) is 54.8 Å². The third kappa shape index (κ3) is 3.25. The Morgan fingerprint density at radius 2 is 1.96 bits per heavy atom. The summed E-state index contributed by atoms with van der Waals surface area (Å²) >= 11 is 1.23. The second-order valence-electron chi connectivity index (χ2n) is 6.93. The number of carbonyl (C=O) groups excluding carboxylic acids is 1. The van der Waals surface area contributed by atoms with Crippen LogP contribution in [0.3, 0.4) is 0 Å². The van der Waals surface area contributed by atoms with Gasteiger partial charge in [0.1, 0.15) is 4.21 Å². The zero-order chi connectivity index (χ0) is 18.1. The number of nitrogens with one attached hydrogen (secondary N) is 1. The number of hydrogen-bond donors (Lipinski definition) is 1. The number of rotatable bonds is 4. The molecule has 4 rings (SSSR count). The van der Waals surface area contributed by atoms with Gasteiger partial charge in [-0.2, -0.15) is 0 Å². The minimum absolute atomic E-state index is 0.0472. The van der Waals surface area contributed by atoms with Gasteiger partial charge < -0.3 is 5.32 Å². The van der Waals surface area contributed by atoms with E-state index >= 15 is 0 Å². The molecule has 0 bridgehead atoms. The number of thiophene rings is 1. The largest absolute Gasteiger partial charge is 0.326 e. The molecule has 26 heavy (non-hydrogen) atoms. The first-order chi connectivity index (χ1) is 12.6. The maximum Gasteiger partial charge on any atom is 0.273 e. The van der Waals surface area contributed by atoms with Gasteiger partial charge in [-0.3, -0.25) is 9.10 Å². The maximum atomic E-state index is 13.0. The van der Waals surface area contributed by atoms with Gasteiger partial charge in [0, 0.05) is 18.2 Å². The second-order valence-corrected chi connectivity index (χ2v) is 9.96. The molecule has 138 valence electrons. The summed E-state index contributed by atoms with van der Waals surface area (Å²) in [6.07, 6.45) is 5.74. The Morgan fingerprint density at radius 3 is 2.69 bits per heavy atom. The maximum absolute atomic E-state index is 13.0. The first-order valence-corrected chi connectivity index (χ1v) is 11.4. The molecule has 1 aliphatic heterocycles. The normalized spacial score (nSPS) is 17.9. The summed E-state index contributed by atoms with van der Waals surface area (Å²) in [5.74, 6) is 0.128. The Morgan fingerprint density at radius 1 is 1.15 bits per heavy atom. The Hall–Kier alpha value is -1.86. The predicted octanol–water partition coefficient (Wildman–Crippen LogP) is 4.02. The summed E-state index contributed by atoms with van der Waals surface area (Å²) < 4.78 is 27.8. The fourth-order valence-corrected chi connectivity index (χ4v) is 6.46. The first kappa shape index (κ1) is 17.5. The highest BCUT2D eigenvalue weighted by atomic mass is 32.2. The number of amides is 1. The van der Waals surface area contributed by atoms with Crippen molar-refractivity contribution in [1.82, 2.24) is 0 Å². The van der Waals surface area contributed by atoms with E-state index in [4.69, 9.17) is 0 Å². The highest BCUT2D eigenvalue weighted by molar-refractivity contribution is 7.94. The number of benzene rings is 1. The van der Waals surface area contributed by atoms with Gasteiger partial charge in [0.15, 0.2) is 0 Å². The number of anilines is 2. The molecule has 1 aromatic carbocycles. The van der Waals surface area contributed by atoms with Crippen molar-refractivity contribution in [3.05, 3.63) is 41.3 Å². The predicted molar refractivity (Wildman–Crippen MR) is 104 cm³/mol. The fraction of sp³-hybridized carbons (Fsp3) is 0.421. The van der Waals surface area contributed by atoms with E-state index in [2.05, 4.69) is 5.32 Å². The molecule has 1 saturated carbocycles. The van der Waals surface area contributed by atoms with Crippen molar-refractivity contribution >= 4 is 38.6 Å². The van der Waals surface area contributed by atoms with Gasteiger partial charge in [0.25, 0.3) is 10.0 Å². The van der Waals surface area contributed by atoms with Crippen LogP contribution in [0.2, 0.25) is 0 Å². The lowest BCUT2D eigenvalue weighted by atomic mass is 10.0. The molecule has 0 unspecified atom stereocenters. The van der Waals surface area contributed by atoms with Crippen LogP contribution in [0.5, 0.6) is 0 Å². The van der Waals surface area contributed by atoms with Gasteiger partial charge in [-0.25, -0.2) is 8.42 Å². The average molecular weight is 391 g/mol. The molecule has 0 spiro atoms. The Kier molecular flexibility index (Phi) is 4.75. The zero-order valence-corrected chi connectivity index (χ0v) is 16.1. The van der Waals surface area contributed by atoms with Crippen molar-refractivity contribution in [2.75, 3.05) is 16.2 Å². The van der Waals surface area contributed by atoms with Gasteiger partial charge in [-0.1, -0.05) is 25.0 Å². The monoisotopic (exact) mass is 390 g/mol. The van der Waals surface area contributed by atoms with Crippen molar-refractivity contribution in [3.8, 4) is 0 Å². The molecule has 2 aromatic rings. The molecule has 1 fully saturated rings. The highest BCUT2D eigenvalue weighted by Crippen LogP contribution is 2.35. The van der Waals surface area contributed by atoms with Crippen molar-refractivity contribution in [1.29, 1.82) is 0 Å². The molecule has 7 heteroatoms. The molecule has 0 saturated heterocycles. The topological polar surface area (TPSA) is 66.5 Å². The van der Waals surface area contributed by atoms with E-state index in [0.717, 1.165) is 44.1 Å². The van der Waals surface area contributed by atoms with Crippen LogP contribution in [0.25, 0.3) is 0 Å². The van der Waals surface area contributed by atoms with E-state index in [1.54, 1.807) is 17.5 Å². The van der Waals surface area contributed by atoms with Crippen molar-refractivity contribution in [2.45, 2.75) is 42.7 Å². The Balaban J connectivity index is 1.63. The van der Waals surface area contributed by atoms with E-state index in [9.17, 15) is 13.2 Å². The molecule has 1 aliphatic carbocycles. The lowest BCUT2D eigenvalue weighted by molar-refractivity contribution is -0.119. The first-order valence-electron chi connectivity index (χ1n) is 9.06. The van der Waals surface area contributed by atoms with Crippen LogP contribution in [0.15, 0.2) is 39.9 Å². The van der Waals surface area contributed by atoms with E-state index in [1.165, 1.54) is 15.6 Å². The smallest absolute Gasteiger partial charge is 0.273 e. The third-order valence-electron chi connectivity index (χ3n) is 5.19. The summed E-state index contributed by atoms with van der Waals surface area (Å²) in [5.41, 5.74) is 2.37. The number of aryl methyl sites for hydroxylation is 1. The summed E-state index contributed by atoms with van der Waals surface area (Å²) in [6, 6.07) is 9.02. The Labute approximate surface area is 158 Å². The van der Waals surface area contributed by atoms with Crippen molar-refractivity contribution in [3.63, 3.8) is 0 Å². The summed E-state index contributed by atoms with van der Waals surface area (Å²) in [6.45, 7) is 0.466. The minimum atomic E-state index is -3.55. The molecule has 1 N–H and O–H groups in total. The molecule has 2 heterocycles. The van der Waals surface area contributed by atoms with Gasteiger partial charge in [-0.15, -0.1) is 11.3 Å². The molecular formula is C19H22N2O3S2. The highest BCUT2D eigenvalue weighted by Gasteiger charge is 2.30. The molecule has 1 amide bonds. The number of nitrogens with zero attached hydrogens (tertiary/aromatic N) is 1. The molecule has 1 aromatic heterocycles. The zero-order valence-electron chi connectivity index (χ0n) is 14.5. The van der Waals surface area contributed by atoms with Gasteiger partial charge in [0.2, 0.25) is 5.91 Å². The minimum Gasteiger partial charge on any atom is -0.326 e. The summed E-state index contributed by atoms with van der Waals surface area (Å²) in [7, 11) is -3.55. The molecule has 0 radical (unpaired) electrons. The summed E-state index contributed by atoms with van der Waals surface area (Å²) in [5, 5.41) is 4.76. The van der Waals surface area contributed by atoms with E-state index < -0.39 is 10.0 Å². The van der Waals surface area contributed by atoms with Crippen LogP contribution in [0, 0.1) is 5.92 Å². The molecule has 2 aliphatic rings. The van der Waals surface area contributed by atoms with Crippen molar-refractivity contribution < 1.29 is 13.2 Å². The van der Waals surface area contributed by atoms with E-state index in [0.29, 0.717) is 22.1 Å². The standard InChI is InChI=1S/C19H22N2O3S2/c22-19(15-5-1-2-6-15)20-16-10-9-14-7-3-11-21(17(14)13-16)26(23,24)18-8-4-12-25-18/h4,8-10,12-13,15H,1-3,5-7,11H2,(H,20,22). The molecule has 5 nitrogen and oxygen atoms in total. The Bertz CT molecular complexity index is 901. The quantitative estimate of drug-likeness (QED) is 0.857. The number of hydrogen-bond acceptors (Lipinski definition) is 4. The number of sulfonamides is 1. The summed E-state index contributed by atoms with van der Waals surface area (Å²) in [4.78, 5) is 12.4. The lowest BCUT2D eigenvalue weighted by Gasteiger charge is -2.30. The van der Waals surface area contributed by atoms with Crippen LogP contribution in [0.4, 0.5) is 11.4 Å². The number of carbonyl (C=O) groups is 1. The van der Waals surface area contributed by atoms with E-state index in [-0.39, 0.29) is 11.8 Å². The molecule has 0 atom stereocenters. The second kappa shape index (κ2) is 7.04. The lowest BCUT2D eigenvalue weighted by Crippen LogP contribution is -2.35. The van der Waals surface area contributed by atoms with Crippen LogP contribution < -0.4 is 9.62 Å². The van der Waals surface area contributed by atoms with Crippen molar-refractivity contribution in [2.24, 2.45) is 5.92 Å². The molecular weight excluding hydrogens is 368 g/mol. The third-order valence-corrected chi connectivity index (χ3v) is 8.38. The average Bonchev–Trinajstić information content (AvgIpc) is 3.34. The van der Waals surface area contributed by atoms with Crippen LogP contribution in [-0.4, -0.2) is 20.9 Å². The van der Waals surface area contributed by atoms with Gasteiger partial charge in [0.05, 0.1) is 5.69 Å². The SMILES string of the molecule is O=C(Nc1ccc2c(c1)N(S(=O)(=O)c1cccs1)CCC2)C1CCCC1. The van der Waals surface area contributed by atoms with Gasteiger partial charge >= 0.3 is 0 Å². The van der Waals surface area contributed by atoms with Crippen LogP contribution in [0.1, 0.15) is 37.7 Å². The van der Waals surface area contributed by atoms with Crippen LogP contribution in [-0.2, 0) is 21.2 Å².